The van der Waals surface area contributed by atoms with Crippen LogP contribution < -0.4 is 5.56 Å². The second-order valence-corrected chi connectivity index (χ2v) is 8.07. The van der Waals surface area contributed by atoms with Gasteiger partial charge in [-0.05, 0) is 43.0 Å². The average Bonchev–Trinajstić information content (AvgIpc) is 2.98. The van der Waals surface area contributed by atoms with E-state index in [0.29, 0.717) is 23.4 Å². The van der Waals surface area contributed by atoms with E-state index in [-0.39, 0.29) is 17.5 Å². The Morgan fingerprint density at radius 2 is 1.79 bits per heavy atom. The number of hydrogen-bond donors (Lipinski definition) is 0. The second kappa shape index (κ2) is 8.37. The van der Waals surface area contributed by atoms with Crippen molar-refractivity contribution in [3.8, 4) is 0 Å². The molecule has 0 saturated carbocycles. The molecule has 1 saturated heterocycles. The van der Waals surface area contributed by atoms with Gasteiger partial charge < -0.3 is 4.90 Å². The molecule has 0 aliphatic carbocycles. The quantitative estimate of drug-likeness (QED) is 0.651. The average molecular weight is 410 g/mol. The van der Waals surface area contributed by atoms with E-state index < -0.39 is 0 Å². The van der Waals surface area contributed by atoms with Crippen molar-refractivity contribution in [1.82, 2.24) is 14.7 Å². The number of fused-ring (bicyclic) bond motifs is 1. The van der Waals surface area contributed by atoms with Crippen LogP contribution in [0.1, 0.15) is 43.5 Å². The second-order valence-electron chi connectivity index (χ2n) is 7.64. The lowest BCUT2D eigenvalue weighted by molar-refractivity contribution is -0.128. The van der Waals surface area contributed by atoms with Crippen molar-refractivity contribution in [3.63, 3.8) is 0 Å². The standard InChI is InChI=1S/C23H24ClN3O2/c1-16(28)26-13-4-5-19(12-14-26)27-23(29)21-7-3-2-6-20(21)22(25-27)15-17-8-10-18(24)11-9-17/h2-3,6-11,19H,4-5,12-15H2,1H3. The van der Waals surface area contributed by atoms with E-state index in [1.165, 1.54) is 0 Å². The van der Waals surface area contributed by atoms with Crippen molar-refractivity contribution in [3.05, 3.63) is 75.2 Å². The first-order valence-electron chi connectivity index (χ1n) is 10.0. The summed E-state index contributed by atoms with van der Waals surface area (Å²) in [6, 6.07) is 15.4. The van der Waals surface area contributed by atoms with E-state index in [9.17, 15) is 9.59 Å². The summed E-state index contributed by atoms with van der Waals surface area (Å²) in [7, 11) is 0. The number of carbonyl (C=O) groups is 1. The lowest BCUT2D eigenvalue weighted by Gasteiger charge is -2.20. The number of aromatic nitrogens is 2. The van der Waals surface area contributed by atoms with Crippen LogP contribution in [0.4, 0.5) is 0 Å². The van der Waals surface area contributed by atoms with Crippen LogP contribution in [0.15, 0.2) is 53.3 Å². The molecular formula is C23H24ClN3O2. The van der Waals surface area contributed by atoms with Gasteiger partial charge in [-0.15, -0.1) is 0 Å². The first-order valence-corrected chi connectivity index (χ1v) is 10.4. The number of hydrogen-bond acceptors (Lipinski definition) is 3. The number of carbonyl (C=O) groups excluding carboxylic acids is 1. The molecule has 1 unspecified atom stereocenters. The van der Waals surface area contributed by atoms with Crippen LogP contribution in [0, 0.1) is 0 Å². The summed E-state index contributed by atoms with van der Waals surface area (Å²) in [5.74, 6) is 0.0906. The van der Waals surface area contributed by atoms with E-state index in [4.69, 9.17) is 16.7 Å². The highest BCUT2D eigenvalue weighted by Crippen LogP contribution is 2.24. The highest BCUT2D eigenvalue weighted by molar-refractivity contribution is 6.30. The zero-order valence-corrected chi connectivity index (χ0v) is 17.2. The largest absolute Gasteiger partial charge is 0.343 e. The van der Waals surface area contributed by atoms with Crippen LogP contribution in [0.3, 0.4) is 0 Å². The third-order valence-corrected chi connectivity index (χ3v) is 5.93. The number of amides is 1. The maximum absolute atomic E-state index is 13.2. The van der Waals surface area contributed by atoms with Gasteiger partial charge in [-0.25, -0.2) is 4.68 Å². The summed E-state index contributed by atoms with van der Waals surface area (Å²) in [5.41, 5.74) is 1.93. The third kappa shape index (κ3) is 4.20. The molecule has 1 atom stereocenters. The first kappa shape index (κ1) is 19.6. The Bertz CT molecular complexity index is 1090. The summed E-state index contributed by atoms with van der Waals surface area (Å²) in [6.07, 6.45) is 3.09. The minimum absolute atomic E-state index is 0.000393. The SMILES string of the molecule is CC(=O)N1CCCC(n2nc(Cc3ccc(Cl)cc3)c3ccccc3c2=O)CC1. The van der Waals surface area contributed by atoms with Crippen molar-refractivity contribution in [2.75, 3.05) is 13.1 Å². The van der Waals surface area contributed by atoms with Crippen molar-refractivity contribution < 1.29 is 4.79 Å². The maximum Gasteiger partial charge on any atom is 0.274 e. The zero-order chi connectivity index (χ0) is 20.4. The fraction of sp³-hybridized carbons (Fsp3) is 0.348. The van der Waals surface area contributed by atoms with Crippen molar-refractivity contribution >= 4 is 28.3 Å². The summed E-state index contributed by atoms with van der Waals surface area (Å²) in [4.78, 5) is 26.8. The van der Waals surface area contributed by atoms with Gasteiger partial charge in [0.25, 0.3) is 5.56 Å². The Hall–Kier alpha value is -2.66. The van der Waals surface area contributed by atoms with Crippen molar-refractivity contribution in [2.45, 2.75) is 38.6 Å². The Balaban J connectivity index is 1.74. The van der Waals surface area contributed by atoms with Gasteiger partial charge in [-0.3, -0.25) is 9.59 Å². The van der Waals surface area contributed by atoms with Crippen LogP contribution in [-0.4, -0.2) is 33.7 Å². The molecule has 1 aliphatic heterocycles. The molecule has 29 heavy (non-hydrogen) atoms. The van der Waals surface area contributed by atoms with E-state index in [0.717, 1.165) is 42.5 Å². The number of likely N-dealkylation sites (tertiary alicyclic amines) is 1. The predicted octanol–water partition coefficient (Wildman–Crippen LogP) is 4.21. The molecule has 2 aromatic carbocycles. The summed E-state index contributed by atoms with van der Waals surface area (Å²) in [5, 5.41) is 7.11. The molecule has 3 aromatic rings. The normalized spacial score (nSPS) is 17.3. The van der Waals surface area contributed by atoms with Gasteiger partial charge in [0.15, 0.2) is 0 Å². The van der Waals surface area contributed by atoms with E-state index >= 15 is 0 Å². The zero-order valence-electron chi connectivity index (χ0n) is 16.5. The van der Waals surface area contributed by atoms with Crippen molar-refractivity contribution in [1.29, 1.82) is 0 Å². The van der Waals surface area contributed by atoms with Gasteiger partial charge in [-0.1, -0.05) is 41.9 Å². The van der Waals surface area contributed by atoms with E-state index in [2.05, 4.69) is 0 Å². The molecule has 1 aromatic heterocycles. The Kier molecular flexibility index (Phi) is 5.67. The van der Waals surface area contributed by atoms with Crippen molar-refractivity contribution in [2.24, 2.45) is 0 Å². The molecular weight excluding hydrogens is 386 g/mol. The molecule has 4 rings (SSSR count). The first-order chi connectivity index (χ1) is 14.0. The number of nitrogens with zero attached hydrogens (tertiary/aromatic N) is 3. The summed E-state index contributed by atoms with van der Waals surface area (Å²) in [6.45, 7) is 3.00. The minimum atomic E-state index is -0.0540. The van der Waals surface area contributed by atoms with E-state index in [1.807, 2.05) is 53.4 Å². The van der Waals surface area contributed by atoms with Gasteiger partial charge in [0.1, 0.15) is 0 Å². The molecule has 2 heterocycles. The summed E-state index contributed by atoms with van der Waals surface area (Å²) < 4.78 is 1.66. The van der Waals surface area contributed by atoms with Gasteiger partial charge in [0.2, 0.25) is 5.91 Å². The fourth-order valence-electron chi connectivity index (χ4n) is 4.09. The Morgan fingerprint density at radius 3 is 2.52 bits per heavy atom. The van der Waals surface area contributed by atoms with Gasteiger partial charge >= 0.3 is 0 Å². The molecule has 1 amide bonds. The lowest BCUT2D eigenvalue weighted by Crippen LogP contribution is -2.31. The van der Waals surface area contributed by atoms with Crippen LogP contribution in [-0.2, 0) is 11.2 Å². The van der Waals surface area contributed by atoms with Crippen LogP contribution >= 0.6 is 11.6 Å². The molecule has 0 radical (unpaired) electrons. The number of rotatable bonds is 3. The number of halogens is 1. The van der Waals surface area contributed by atoms with Gasteiger partial charge in [0.05, 0.1) is 17.1 Å². The molecule has 0 spiro atoms. The fourth-order valence-corrected chi connectivity index (χ4v) is 4.21. The molecule has 0 N–H and O–H groups in total. The van der Waals surface area contributed by atoms with Gasteiger partial charge in [-0.2, -0.15) is 5.10 Å². The molecule has 5 nitrogen and oxygen atoms in total. The maximum atomic E-state index is 13.2. The third-order valence-electron chi connectivity index (χ3n) is 5.68. The smallest absolute Gasteiger partial charge is 0.274 e. The molecule has 0 bridgehead atoms. The minimum Gasteiger partial charge on any atom is -0.343 e. The van der Waals surface area contributed by atoms with E-state index in [1.54, 1.807) is 11.6 Å². The highest BCUT2D eigenvalue weighted by Gasteiger charge is 2.23. The summed E-state index contributed by atoms with van der Waals surface area (Å²) >= 11 is 6.02. The molecule has 6 heteroatoms. The van der Waals surface area contributed by atoms with Gasteiger partial charge in [0, 0.05) is 36.8 Å². The molecule has 1 aliphatic rings. The highest BCUT2D eigenvalue weighted by atomic mass is 35.5. The van der Waals surface area contributed by atoms with Crippen LogP contribution in [0.25, 0.3) is 10.8 Å². The monoisotopic (exact) mass is 409 g/mol. The van der Waals surface area contributed by atoms with Crippen LogP contribution in [0.5, 0.6) is 0 Å². The Labute approximate surface area is 174 Å². The molecule has 150 valence electrons. The lowest BCUT2D eigenvalue weighted by atomic mass is 10.0. The van der Waals surface area contributed by atoms with Crippen LogP contribution in [0.2, 0.25) is 5.02 Å². The topological polar surface area (TPSA) is 55.2 Å². The number of benzene rings is 2. The predicted molar refractivity (Wildman–Crippen MR) is 115 cm³/mol. The Morgan fingerprint density at radius 1 is 1.07 bits per heavy atom. The molecule has 1 fully saturated rings.